The van der Waals surface area contributed by atoms with Gasteiger partial charge in [-0.25, -0.2) is 0 Å². The Balaban J connectivity index is 2.07. The van der Waals surface area contributed by atoms with Crippen LogP contribution in [-0.4, -0.2) is 6.29 Å². The molecule has 0 aromatic heterocycles. The van der Waals surface area contributed by atoms with E-state index in [0.717, 1.165) is 25.5 Å². The second kappa shape index (κ2) is 9.19. The lowest BCUT2D eigenvalue weighted by Gasteiger charge is -2.08. The van der Waals surface area contributed by atoms with Gasteiger partial charge in [-0.05, 0) is 37.0 Å². The normalized spacial score (nSPS) is 11.3. The van der Waals surface area contributed by atoms with Gasteiger partial charge in [-0.3, -0.25) is 0 Å². The molecule has 0 amide bonds. The van der Waals surface area contributed by atoms with Crippen LogP contribution >= 0.6 is 11.8 Å². The third-order valence-corrected chi connectivity index (χ3v) is 4.27. The van der Waals surface area contributed by atoms with Crippen LogP contribution in [0.5, 0.6) is 0 Å². The molecule has 0 radical (unpaired) electrons. The highest BCUT2D eigenvalue weighted by atomic mass is 32.2. The first-order chi connectivity index (χ1) is 10.4. The first kappa shape index (κ1) is 15.6. The highest BCUT2D eigenvalue weighted by molar-refractivity contribution is 8.08. The summed E-state index contributed by atoms with van der Waals surface area (Å²) < 4.78 is 0. The zero-order chi connectivity index (χ0) is 14.8. The van der Waals surface area contributed by atoms with Crippen molar-refractivity contribution in [2.24, 2.45) is 0 Å². The summed E-state index contributed by atoms with van der Waals surface area (Å²) in [5, 5.41) is 0. The van der Waals surface area contributed by atoms with E-state index in [9.17, 15) is 4.79 Å². The molecule has 2 aromatic rings. The molecule has 0 bridgehead atoms. The lowest BCUT2D eigenvalue weighted by molar-refractivity contribution is -0.107. The summed E-state index contributed by atoms with van der Waals surface area (Å²) in [6, 6.07) is 20.9. The topological polar surface area (TPSA) is 17.1 Å². The minimum atomic E-state index is 0.667. The van der Waals surface area contributed by atoms with Crippen molar-refractivity contribution in [3.05, 3.63) is 72.3 Å². The van der Waals surface area contributed by atoms with E-state index in [1.165, 1.54) is 15.4 Å². The van der Waals surface area contributed by atoms with Gasteiger partial charge in [0, 0.05) is 16.2 Å². The fourth-order valence-electron chi connectivity index (χ4n) is 2.04. The van der Waals surface area contributed by atoms with Gasteiger partial charge in [0.05, 0.1) is 0 Å². The van der Waals surface area contributed by atoms with E-state index in [0.29, 0.717) is 6.42 Å². The maximum Gasteiger partial charge on any atom is 0.119 e. The molecule has 0 aliphatic rings. The van der Waals surface area contributed by atoms with Crippen LogP contribution in [0.2, 0.25) is 0 Å². The first-order valence-corrected chi connectivity index (χ1v) is 8.14. The highest BCUT2D eigenvalue weighted by Gasteiger charge is 2.03. The number of hydrogen-bond acceptors (Lipinski definition) is 2. The van der Waals surface area contributed by atoms with Crippen LogP contribution in [0.3, 0.4) is 0 Å². The van der Waals surface area contributed by atoms with Crippen LogP contribution in [0, 0.1) is 0 Å². The third kappa shape index (κ3) is 5.60. The Labute approximate surface area is 131 Å². The van der Waals surface area contributed by atoms with Crippen molar-refractivity contribution >= 4 is 23.0 Å². The predicted octanol–water partition coefficient (Wildman–Crippen LogP) is 5.58. The minimum absolute atomic E-state index is 0.667. The molecule has 0 atom stereocenters. The quantitative estimate of drug-likeness (QED) is 0.359. The average molecular weight is 296 g/mol. The summed E-state index contributed by atoms with van der Waals surface area (Å²) >= 11 is 1.80. The molecule has 1 nitrogen and oxygen atoms in total. The van der Waals surface area contributed by atoms with Crippen molar-refractivity contribution < 1.29 is 4.79 Å². The summed E-state index contributed by atoms with van der Waals surface area (Å²) in [4.78, 5) is 12.9. The van der Waals surface area contributed by atoms with E-state index in [1.54, 1.807) is 11.8 Å². The summed E-state index contributed by atoms with van der Waals surface area (Å²) in [6.07, 6.45) is 7.00. The van der Waals surface area contributed by atoms with Crippen LogP contribution < -0.4 is 0 Å². The fourth-order valence-corrected chi connectivity index (χ4v) is 3.04. The van der Waals surface area contributed by atoms with E-state index < -0.39 is 0 Å². The molecular formula is C19H20OS. The molecule has 2 aromatic carbocycles. The second-order valence-corrected chi connectivity index (χ2v) is 5.92. The maximum absolute atomic E-state index is 10.3. The number of hydrogen-bond donors (Lipinski definition) is 0. The van der Waals surface area contributed by atoms with Crippen molar-refractivity contribution in [3.63, 3.8) is 0 Å². The Morgan fingerprint density at radius 2 is 1.48 bits per heavy atom. The van der Waals surface area contributed by atoms with Crippen molar-refractivity contribution in [3.8, 4) is 0 Å². The van der Waals surface area contributed by atoms with Gasteiger partial charge in [0.2, 0.25) is 0 Å². The zero-order valence-electron chi connectivity index (χ0n) is 12.1. The molecule has 2 rings (SSSR count). The molecule has 0 unspecified atom stereocenters. The van der Waals surface area contributed by atoms with Crippen LogP contribution in [0.4, 0.5) is 0 Å². The van der Waals surface area contributed by atoms with Gasteiger partial charge in [0.25, 0.3) is 0 Å². The Bertz CT molecular complexity index is 561. The van der Waals surface area contributed by atoms with Crippen LogP contribution in [-0.2, 0) is 4.79 Å². The number of benzene rings is 2. The molecule has 0 fully saturated rings. The molecule has 21 heavy (non-hydrogen) atoms. The molecular weight excluding hydrogens is 276 g/mol. The summed E-state index contributed by atoms with van der Waals surface area (Å²) in [6.45, 7) is 0. The summed E-state index contributed by atoms with van der Waals surface area (Å²) in [7, 11) is 0. The van der Waals surface area contributed by atoms with Crippen LogP contribution in [0.1, 0.15) is 31.2 Å². The fraction of sp³-hybridized carbons (Fsp3) is 0.211. The Morgan fingerprint density at radius 1 is 0.857 bits per heavy atom. The number of carbonyl (C=O) groups is 1. The molecule has 2 heteroatoms. The van der Waals surface area contributed by atoms with E-state index in [1.807, 2.05) is 12.1 Å². The zero-order valence-corrected chi connectivity index (χ0v) is 12.9. The van der Waals surface area contributed by atoms with E-state index in [-0.39, 0.29) is 0 Å². The third-order valence-electron chi connectivity index (χ3n) is 3.14. The maximum atomic E-state index is 10.3. The lowest BCUT2D eigenvalue weighted by atomic mass is 10.1. The highest BCUT2D eigenvalue weighted by Crippen LogP contribution is 2.34. The molecule has 0 heterocycles. The van der Waals surface area contributed by atoms with E-state index >= 15 is 0 Å². The smallest absolute Gasteiger partial charge is 0.119 e. The average Bonchev–Trinajstić information content (AvgIpc) is 2.55. The molecule has 0 aliphatic carbocycles. The van der Waals surface area contributed by atoms with Gasteiger partial charge in [0.1, 0.15) is 6.29 Å². The Morgan fingerprint density at radius 3 is 2.14 bits per heavy atom. The number of thioether (sulfide) groups is 1. The van der Waals surface area contributed by atoms with Crippen molar-refractivity contribution in [2.45, 2.75) is 30.6 Å². The van der Waals surface area contributed by atoms with Crippen LogP contribution in [0.15, 0.2) is 71.6 Å². The predicted molar refractivity (Wildman–Crippen MR) is 91.3 cm³/mol. The van der Waals surface area contributed by atoms with Gasteiger partial charge < -0.3 is 4.79 Å². The number of unbranched alkanes of at least 4 members (excludes halogenated alkanes) is 3. The van der Waals surface area contributed by atoms with Gasteiger partial charge in [-0.2, -0.15) is 0 Å². The molecule has 0 saturated heterocycles. The number of allylic oxidation sites excluding steroid dienone is 1. The largest absolute Gasteiger partial charge is 0.303 e. The lowest BCUT2D eigenvalue weighted by Crippen LogP contribution is -1.82. The van der Waals surface area contributed by atoms with Crippen molar-refractivity contribution in [1.82, 2.24) is 0 Å². The summed E-state index contributed by atoms with van der Waals surface area (Å²) in [5.41, 5.74) is 1.25. The number of rotatable bonds is 8. The second-order valence-electron chi connectivity index (χ2n) is 4.80. The molecule has 0 saturated carbocycles. The van der Waals surface area contributed by atoms with Gasteiger partial charge in [-0.1, -0.05) is 66.4 Å². The molecule has 0 N–H and O–H groups in total. The molecule has 108 valence electrons. The standard InChI is InChI=1S/C19H20OS/c20-16-10-2-1-9-15-19(17-11-5-3-6-12-17)21-18-13-7-4-8-14-18/h3-8,11-16H,1-2,9-10H2/b19-15-. The van der Waals surface area contributed by atoms with Gasteiger partial charge >= 0.3 is 0 Å². The number of aldehydes is 1. The van der Waals surface area contributed by atoms with Crippen molar-refractivity contribution in [2.75, 3.05) is 0 Å². The SMILES string of the molecule is O=CCCCC/C=C(\Sc1ccccc1)c1ccccc1. The van der Waals surface area contributed by atoms with Crippen molar-refractivity contribution in [1.29, 1.82) is 0 Å². The first-order valence-electron chi connectivity index (χ1n) is 7.32. The Hall–Kier alpha value is -1.80. The summed E-state index contributed by atoms with van der Waals surface area (Å²) in [5.74, 6) is 0. The molecule has 0 spiro atoms. The number of carbonyl (C=O) groups excluding carboxylic acids is 1. The Kier molecular flexibility index (Phi) is 6.82. The van der Waals surface area contributed by atoms with E-state index in [2.05, 4.69) is 54.6 Å². The van der Waals surface area contributed by atoms with Gasteiger partial charge in [0.15, 0.2) is 0 Å². The monoisotopic (exact) mass is 296 g/mol. The minimum Gasteiger partial charge on any atom is -0.303 e. The van der Waals surface area contributed by atoms with Gasteiger partial charge in [-0.15, -0.1) is 0 Å². The molecule has 0 aliphatic heterocycles. The van der Waals surface area contributed by atoms with Crippen LogP contribution in [0.25, 0.3) is 4.91 Å². The van der Waals surface area contributed by atoms with E-state index in [4.69, 9.17) is 0 Å².